The van der Waals surface area contributed by atoms with E-state index >= 15 is 0 Å². The molecule has 0 amide bonds. The van der Waals surface area contributed by atoms with Crippen molar-refractivity contribution in [2.24, 2.45) is 0 Å². The van der Waals surface area contributed by atoms with Crippen LogP contribution in [0.1, 0.15) is 28.5 Å². The summed E-state index contributed by atoms with van der Waals surface area (Å²) in [6.07, 6.45) is 2.00. The van der Waals surface area contributed by atoms with E-state index in [2.05, 4.69) is 18.0 Å². The molecule has 2 aromatic rings. The Morgan fingerprint density at radius 3 is 2.65 bits per heavy atom. The molecule has 2 heterocycles. The van der Waals surface area contributed by atoms with Gasteiger partial charge in [-0.15, -0.1) is 11.3 Å². The molecule has 2 nitrogen and oxygen atoms in total. The molecule has 4 heteroatoms. The van der Waals surface area contributed by atoms with E-state index in [-0.39, 0.29) is 5.82 Å². The summed E-state index contributed by atoms with van der Waals surface area (Å²) in [6, 6.07) is 6.94. The molecule has 1 N–H and O–H groups in total. The van der Waals surface area contributed by atoms with Crippen LogP contribution < -0.4 is 0 Å². The van der Waals surface area contributed by atoms with Crippen LogP contribution in [0.4, 0.5) is 4.39 Å². The number of pyridine rings is 1. The Morgan fingerprint density at radius 2 is 2.06 bits per heavy atom. The normalized spacial score (nSPS) is 12.6. The van der Waals surface area contributed by atoms with E-state index in [0.29, 0.717) is 12.1 Å². The second-order valence-corrected chi connectivity index (χ2v) is 5.10. The van der Waals surface area contributed by atoms with E-state index in [1.54, 1.807) is 11.3 Å². The van der Waals surface area contributed by atoms with Crippen molar-refractivity contribution in [3.05, 3.63) is 51.7 Å². The summed E-state index contributed by atoms with van der Waals surface area (Å²) >= 11 is 1.70. The summed E-state index contributed by atoms with van der Waals surface area (Å²) in [5, 5.41) is 9.97. The predicted molar refractivity (Wildman–Crippen MR) is 66.6 cm³/mol. The van der Waals surface area contributed by atoms with Gasteiger partial charge in [-0.05, 0) is 30.7 Å². The van der Waals surface area contributed by atoms with Gasteiger partial charge in [0.25, 0.3) is 0 Å². The molecule has 17 heavy (non-hydrogen) atoms. The van der Waals surface area contributed by atoms with Crippen molar-refractivity contribution >= 4 is 11.3 Å². The Labute approximate surface area is 104 Å². The van der Waals surface area contributed by atoms with Gasteiger partial charge in [0.05, 0.1) is 11.9 Å². The standard InChI is InChI=1S/C13H14FNOS/c1-2-10-4-5-11(17-10)7-13(16)12-6-3-9(14)8-15-12/h3-6,8,13,16H,2,7H2,1H3. The van der Waals surface area contributed by atoms with Crippen molar-refractivity contribution in [1.82, 2.24) is 4.98 Å². The lowest BCUT2D eigenvalue weighted by molar-refractivity contribution is 0.174. The quantitative estimate of drug-likeness (QED) is 0.905. The van der Waals surface area contributed by atoms with Crippen LogP contribution in [0.5, 0.6) is 0 Å². The smallest absolute Gasteiger partial charge is 0.141 e. The summed E-state index contributed by atoms with van der Waals surface area (Å²) < 4.78 is 12.7. The van der Waals surface area contributed by atoms with Gasteiger partial charge >= 0.3 is 0 Å². The summed E-state index contributed by atoms with van der Waals surface area (Å²) in [4.78, 5) is 6.31. The Balaban J connectivity index is 2.05. The molecule has 1 atom stereocenters. The number of nitrogens with zero attached hydrogens (tertiary/aromatic N) is 1. The van der Waals surface area contributed by atoms with E-state index in [4.69, 9.17) is 0 Å². The van der Waals surface area contributed by atoms with Gasteiger partial charge < -0.3 is 5.11 Å². The number of thiophene rings is 1. The topological polar surface area (TPSA) is 33.1 Å². The molecule has 0 saturated carbocycles. The molecule has 0 aromatic carbocycles. The number of aromatic nitrogens is 1. The Morgan fingerprint density at radius 1 is 1.29 bits per heavy atom. The molecule has 2 aromatic heterocycles. The van der Waals surface area contributed by atoms with Crippen molar-refractivity contribution in [2.75, 3.05) is 0 Å². The first kappa shape index (κ1) is 12.2. The maximum absolute atomic E-state index is 12.7. The lowest BCUT2D eigenvalue weighted by atomic mass is 10.1. The molecule has 0 saturated heterocycles. The number of hydrogen-bond donors (Lipinski definition) is 1. The van der Waals surface area contributed by atoms with Gasteiger partial charge in [0, 0.05) is 16.2 Å². The average Bonchev–Trinajstić information content (AvgIpc) is 2.77. The second-order valence-electron chi connectivity index (χ2n) is 3.84. The summed E-state index contributed by atoms with van der Waals surface area (Å²) in [5.41, 5.74) is 0.512. The van der Waals surface area contributed by atoms with E-state index in [1.165, 1.54) is 17.0 Å². The highest BCUT2D eigenvalue weighted by Gasteiger charge is 2.11. The first-order chi connectivity index (χ1) is 8.19. The molecule has 0 radical (unpaired) electrons. The van der Waals surface area contributed by atoms with Crippen molar-refractivity contribution in [1.29, 1.82) is 0 Å². The lowest BCUT2D eigenvalue weighted by Crippen LogP contribution is -2.03. The summed E-state index contributed by atoms with van der Waals surface area (Å²) in [6.45, 7) is 2.10. The zero-order chi connectivity index (χ0) is 12.3. The highest BCUT2D eigenvalue weighted by molar-refractivity contribution is 7.11. The van der Waals surface area contributed by atoms with E-state index in [9.17, 15) is 9.50 Å². The van der Waals surface area contributed by atoms with Gasteiger partial charge in [-0.2, -0.15) is 0 Å². The fourth-order valence-electron chi connectivity index (χ4n) is 1.60. The van der Waals surface area contributed by atoms with Gasteiger partial charge in [-0.3, -0.25) is 4.98 Å². The van der Waals surface area contributed by atoms with Crippen LogP contribution in [-0.2, 0) is 12.8 Å². The molecular formula is C13H14FNOS. The molecule has 0 aliphatic rings. The highest BCUT2D eigenvalue weighted by atomic mass is 32.1. The van der Waals surface area contributed by atoms with Crippen molar-refractivity contribution < 1.29 is 9.50 Å². The van der Waals surface area contributed by atoms with Gasteiger partial charge in [-0.25, -0.2) is 4.39 Å². The predicted octanol–water partition coefficient (Wildman–Crippen LogP) is 3.12. The Hall–Kier alpha value is -1.26. The van der Waals surface area contributed by atoms with Gasteiger partial charge in [-0.1, -0.05) is 6.92 Å². The molecule has 0 bridgehead atoms. The minimum atomic E-state index is -0.668. The third-order valence-electron chi connectivity index (χ3n) is 2.55. The van der Waals surface area contributed by atoms with Gasteiger partial charge in [0.15, 0.2) is 0 Å². The monoisotopic (exact) mass is 251 g/mol. The molecule has 90 valence electrons. The van der Waals surface area contributed by atoms with Crippen LogP contribution in [0.3, 0.4) is 0 Å². The minimum absolute atomic E-state index is 0.384. The maximum atomic E-state index is 12.7. The first-order valence-electron chi connectivity index (χ1n) is 5.56. The number of hydrogen-bond acceptors (Lipinski definition) is 3. The lowest BCUT2D eigenvalue weighted by Gasteiger charge is -2.08. The number of aliphatic hydroxyl groups excluding tert-OH is 1. The Kier molecular flexibility index (Phi) is 3.86. The van der Waals surface area contributed by atoms with Gasteiger partial charge in [0.2, 0.25) is 0 Å². The molecule has 0 aliphatic carbocycles. The van der Waals surface area contributed by atoms with Crippen molar-refractivity contribution in [3.63, 3.8) is 0 Å². The fourth-order valence-corrected chi connectivity index (χ4v) is 2.60. The number of aliphatic hydroxyl groups is 1. The van der Waals surface area contributed by atoms with E-state index in [1.807, 2.05) is 6.07 Å². The van der Waals surface area contributed by atoms with E-state index < -0.39 is 6.10 Å². The molecule has 0 spiro atoms. The van der Waals surface area contributed by atoms with Crippen LogP contribution in [0, 0.1) is 5.82 Å². The van der Waals surface area contributed by atoms with E-state index in [0.717, 1.165) is 17.5 Å². The van der Waals surface area contributed by atoms with Crippen LogP contribution in [0.2, 0.25) is 0 Å². The highest BCUT2D eigenvalue weighted by Crippen LogP contribution is 2.23. The van der Waals surface area contributed by atoms with Crippen molar-refractivity contribution in [2.45, 2.75) is 25.9 Å². The number of rotatable bonds is 4. The zero-order valence-corrected chi connectivity index (χ0v) is 10.4. The van der Waals surface area contributed by atoms with Gasteiger partial charge in [0.1, 0.15) is 11.9 Å². The van der Waals surface area contributed by atoms with Crippen LogP contribution in [-0.4, -0.2) is 10.1 Å². The first-order valence-corrected chi connectivity index (χ1v) is 6.37. The SMILES string of the molecule is CCc1ccc(CC(O)c2ccc(F)cn2)s1. The maximum Gasteiger partial charge on any atom is 0.141 e. The molecule has 1 unspecified atom stereocenters. The van der Waals surface area contributed by atoms with Crippen LogP contribution in [0.25, 0.3) is 0 Å². The third kappa shape index (κ3) is 3.11. The van der Waals surface area contributed by atoms with Crippen LogP contribution >= 0.6 is 11.3 Å². The molecule has 0 fully saturated rings. The second kappa shape index (κ2) is 5.38. The fraction of sp³-hybridized carbons (Fsp3) is 0.308. The summed E-state index contributed by atoms with van der Waals surface area (Å²) in [7, 11) is 0. The summed E-state index contributed by atoms with van der Waals surface area (Å²) in [5.74, 6) is -0.384. The van der Waals surface area contributed by atoms with Crippen LogP contribution in [0.15, 0.2) is 30.5 Å². The third-order valence-corrected chi connectivity index (χ3v) is 3.80. The number of aryl methyl sites for hydroxylation is 1. The molecule has 2 rings (SSSR count). The minimum Gasteiger partial charge on any atom is -0.386 e. The zero-order valence-electron chi connectivity index (χ0n) is 9.56. The Bertz CT molecular complexity index is 480. The van der Waals surface area contributed by atoms with Crippen molar-refractivity contribution in [3.8, 4) is 0 Å². The molecule has 0 aliphatic heterocycles. The molecular weight excluding hydrogens is 237 g/mol. The average molecular weight is 251 g/mol. The largest absolute Gasteiger partial charge is 0.386 e. The number of halogens is 1.